The van der Waals surface area contributed by atoms with Crippen molar-refractivity contribution in [2.75, 3.05) is 19.6 Å². The molecule has 1 aliphatic rings. The van der Waals surface area contributed by atoms with E-state index >= 15 is 0 Å². The fourth-order valence-corrected chi connectivity index (χ4v) is 3.02. The van der Waals surface area contributed by atoms with Gasteiger partial charge in [-0.3, -0.25) is 9.48 Å². The molecular formula is C18H24N4O. The Morgan fingerprint density at radius 3 is 2.96 bits per heavy atom. The van der Waals surface area contributed by atoms with Crippen molar-refractivity contribution in [3.05, 3.63) is 53.3 Å². The average Bonchev–Trinajstić information content (AvgIpc) is 2.95. The molecule has 5 heteroatoms. The molecule has 3 rings (SSSR count). The number of carbonyl (C=O) groups excluding carboxylic acids is 1. The Hall–Kier alpha value is -2.14. The highest BCUT2D eigenvalue weighted by molar-refractivity contribution is 5.95. The lowest BCUT2D eigenvalue weighted by Crippen LogP contribution is -2.38. The van der Waals surface area contributed by atoms with Crippen LogP contribution in [0.4, 0.5) is 0 Å². The zero-order valence-corrected chi connectivity index (χ0v) is 13.6. The van der Waals surface area contributed by atoms with Gasteiger partial charge in [0.05, 0.1) is 18.3 Å². The van der Waals surface area contributed by atoms with E-state index in [2.05, 4.69) is 27.9 Å². The van der Waals surface area contributed by atoms with Gasteiger partial charge in [0.1, 0.15) is 0 Å². The highest BCUT2D eigenvalue weighted by Crippen LogP contribution is 2.12. The van der Waals surface area contributed by atoms with E-state index in [4.69, 9.17) is 0 Å². The van der Waals surface area contributed by atoms with Crippen LogP contribution in [0.25, 0.3) is 0 Å². The first-order valence-corrected chi connectivity index (χ1v) is 8.29. The number of hydrogen-bond donors (Lipinski definition) is 2. The third kappa shape index (κ3) is 3.99. The minimum Gasteiger partial charge on any atom is -0.352 e. The Morgan fingerprint density at radius 1 is 1.39 bits per heavy atom. The summed E-state index contributed by atoms with van der Waals surface area (Å²) in [5.41, 5.74) is 2.76. The minimum atomic E-state index is -0.0209. The molecule has 1 fully saturated rings. The van der Waals surface area contributed by atoms with Crippen LogP contribution in [0.2, 0.25) is 0 Å². The molecule has 2 heterocycles. The van der Waals surface area contributed by atoms with Gasteiger partial charge in [0.15, 0.2) is 0 Å². The topological polar surface area (TPSA) is 59.0 Å². The summed E-state index contributed by atoms with van der Waals surface area (Å²) in [6.45, 7) is 5.46. The molecule has 1 amide bonds. The molecule has 122 valence electrons. The van der Waals surface area contributed by atoms with E-state index in [1.807, 2.05) is 29.8 Å². The fourth-order valence-electron chi connectivity index (χ4n) is 3.02. The van der Waals surface area contributed by atoms with Gasteiger partial charge in [0.2, 0.25) is 0 Å². The van der Waals surface area contributed by atoms with Crippen molar-refractivity contribution in [2.45, 2.75) is 26.3 Å². The second kappa shape index (κ2) is 7.42. The fraction of sp³-hybridized carbons (Fsp3) is 0.444. The molecule has 1 saturated heterocycles. The number of benzene rings is 1. The van der Waals surface area contributed by atoms with E-state index in [0.717, 1.165) is 25.3 Å². The van der Waals surface area contributed by atoms with Gasteiger partial charge in [-0.15, -0.1) is 0 Å². The largest absolute Gasteiger partial charge is 0.352 e. The number of nitrogens with one attached hydrogen (secondary N) is 2. The molecule has 1 aliphatic heterocycles. The molecule has 1 aromatic heterocycles. The maximum Gasteiger partial charge on any atom is 0.254 e. The van der Waals surface area contributed by atoms with E-state index in [9.17, 15) is 4.79 Å². The molecule has 0 saturated carbocycles. The van der Waals surface area contributed by atoms with Crippen LogP contribution in [-0.2, 0) is 6.54 Å². The van der Waals surface area contributed by atoms with Crippen molar-refractivity contribution in [3.63, 3.8) is 0 Å². The third-order valence-electron chi connectivity index (χ3n) is 4.47. The second-order valence-electron chi connectivity index (χ2n) is 6.21. The van der Waals surface area contributed by atoms with Gasteiger partial charge < -0.3 is 10.6 Å². The molecule has 0 radical (unpaired) electrons. The molecule has 5 nitrogen and oxygen atoms in total. The summed E-state index contributed by atoms with van der Waals surface area (Å²) in [4.78, 5) is 12.4. The van der Waals surface area contributed by atoms with Crippen LogP contribution in [0.3, 0.4) is 0 Å². The summed E-state index contributed by atoms with van der Waals surface area (Å²) in [5, 5.41) is 10.8. The van der Waals surface area contributed by atoms with Crippen molar-refractivity contribution in [1.82, 2.24) is 20.4 Å². The van der Waals surface area contributed by atoms with Gasteiger partial charge in [0.25, 0.3) is 5.91 Å². The molecule has 23 heavy (non-hydrogen) atoms. The smallest absolute Gasteiger partial charge is 0.254 e. The lowest BCUT2D eigenvalue weighted by molar-refractivity contribution is 0.0944. The number of aromatic nitrogens is 2. The van der Waals surface area contributed by atoms with Gasteiger partial charge in [-0.25, -0.2) is 0 Å². The van der Waals surface area contributed by atoms with Gasteiger partial charge in [0, 0.05) is 12.2 Å². The van der Waals surface area contributed by atoms with Crippen LogP contribution >= 0.6 is 0 Å². The van der Waals surface area contributed by atoms with E-state index in [-0.39, 0.29) is 5.91 Å². The predicted octanol–water partition coefficient (Wildman–Crippen LogP) is 1.97. The zero-order valence-electron chi connectivity index (χ0n) is 13.6. The van der Waals surface area contributed by atoms with Crippen molar-refractivity contribution in [3.8, 4) is 0 Å². The molecule has 1 atom stereocenters. The summed E-state index contributed by atoms with van der Waals surface area (Å²) >= 11 is 0. The number of piperidine rings is 1. The van der Waals surface area contributed by atoms with Crippen molar-refractivity contribution in [2.24, 2.45) is 5.92 Å². The third-order valence-corrected chi connectivity index (χ3v) is 4.47. The lowest BCUT2D eigenvalue weighted by atomic mass is 10.00. The first-order valence-electron chi connectivity index (χ1n) is 8.29. The van der Waals surface area contributed by atoms with Crippen molar-refractivity contribution in [1.29, 1.82) is 0 Å². The Balaban J connectivity index is 1.60. The van der Waals surface area contributed by atoms with Crippen molar-refractivity contribution >= 4 is 5.91 Å². The van der Waals surface area contributed by atoms with E-state index in [1.54, 1.807) is 6.20 Å². The summed E-state index contributed by atoms with van der Waals surface area (Å²) in [7, 11) is 0. The van der Waals surface area contributed by atoms with Crippen LogP contribution in [0.5, 0.6) is 0 Å². The lowest BCUT2D eigenvalue weighted by Gasteiger charge is -2.22. The maximum atomic E-state index is 12.4. The predicted molar refractivity (Wildman–Crippen MR) is 90.4 cm³/mol. The summed E-state index contributed by atoms with van der Waals surface area (Å²) in [6.07, 6.45) is 4.04. The average molecular weight is 312 g/mol. The highest BCUT2D eigenvalue weighted by Gasteiger charge is 2.17. The van der Waals surface area contributed by atoms with Gasteiger partial charge in [-0.05, 0) is 44.3 Å². The van der Waals surface area contributed by atoms with Crippen LogP contribution in [0.1, 0.15) is 34.5 Å². The molecule has 1 unspecified atom stereocenters. The number of hydrogen-bond acceptors (Lipinski definition) is 3. The number of carbonyl (C=O) groups is 1. The standard InChI is InChI=1S/C18H24N4O/c1-14-17(18(23)20-11-16-8-5-9-19-10-16)12-21-22(14)13-15-6-3-2-4-7-15/h2-4,6-7,12,16,19H,5,8-11,13H2,1H3,(H,20,23). The molecule has 0 aliphatic carbocycles. The first-order chi connectivity index (χ1) is 11.2. The van der Waals surface area contributed by atoms with E-state index in [0.29, 0.717) is 18.0 Å². The minimum absolute atomic E-state index is 0.0209. The summed E-state index contributed by atoms with van der Waals surface area (Å²) in [6, 6.07) is 10.2. The Labute approximate surface area is 137 Å². The SMILES string of the molecule is Cc1c(C(=O)NCC2CCCNC2)cnn1Cc1ccccc1. The Kier molecular flexibility index (Phi) is 5.08. The normalized spacial score (nSPS) is 17.9. The van der Waals surface area contributed by atoms with Crippen LogP contribution in [0, 0.1) is 12.8 Å². The number of amides is 1. The van der Waals surface area contributed by atoms with Gasteiger partial charge >= 0.3 is 0 Å². The van der Waals surface area contributed by atoms with Crippen LogP contribution < -0.4 is 10.6 Å². The molecule has 0 bridgehead atoms. The Morgan fingerprint density at radius 2 is 2.22 bits per heavy atom. The first kappa shape index (κ1) is 15.7. The Bertz CT molecular complexity index is 644. The monoisotopic (exact) mass is 312 g/mol. The number of rotatable bonds is 5. The van der Waals surface area contributed by atoms with Gasteiger partial charge in [-0.2, -0.15) is 5.10 Å². The van der Waals surface area contributed by atoms with Crippen LogP contribution in [0.15, 0.2) is 36.5 Å². The molecule has 2 aromatic rings. The molecular weight excluding hydrogens is 288 g/mol. The van der Waals surface area contributed by atoms with E-state index < -0.39 is 0 Å². The highest BCUT2D eigenvalue weighted by atomic mass is 16.1. The van der Waals surface area contributed by atoms with E-state index in [1.165, 1.54) is 18.4 Å². The quantitative estimate of drug-likeness (QED) is 0.887. The van der Waals surface area contributed by atoms with Crippen molar-refractivity contribution < 1.29 is 4.79 Å². The van der Waals surface area contributed by atoms with Crippen LogP contribution in [-0.4, -0.2) is 35.3 Å². The number of nitrogens with zero attached hydrogens (tertiary/aromatic N) is 2. The maximum absolute atomic E-state index is 12.4. The zero-order chi connectivity index (χ0) is 16.1. The molecule has 2 N–H and O–H groups in total. The molecule has 1 aromatic carbocycles. The molecule has 0 spiro atoms. The second-order valence-corrected chi connectivity index (χ2v) is 6.21. The van der Waals surface area contributed by atoms with Gasteiger partial charge in [-0.1, -0.05) is 30.3 Å². The summed E-state index contributed by atoms with van der Waals surface area (Å²) in [5.74, 6) is 0.514. The summed E-state index contributed by atoms with van der Waals surface area (Å²) < 4.78 is 1.88.